The van der Waals surface area contributed by atoms with Gasteiger partial charge in [0.2, 0.25) is 0 Å². The van der Waals surface area contributed by atoms with Crippen molar-refractivity contribution in [3.05, 3.63) is 82.6 Å². The summed E-state index contributed by atoms with van der Waals surface area (Å²) in [5.41, 5.74) is 3.79. The second-order valence-electron chi connectivity index (χ2n) is 6.04. The monoisotopic (exact) mass is 395 g/mol. The summed E-state index contributed by atoms with van der Waals surface area (Å²) in [5.74, 6) is -0.799. The predicted octanol–water partition coefficient (Wildman–Crippen LogP) is 4.83. The van der Waals surface area contributed by atoms with Crippen LogP contribution < -0.4 is 10.6 Å². The van der Waals surface area contributed by atoms with Crippen LogP contribution in [0.3, 0.4) is 0 Å². The van der Waals surface area contributed by atoms with Gasteiger partial charge in [0.1, 0.15) is 5.69 Å². The van der Waals surface area contributed by atoms with Crippen LogP contribution in [0.5, 0.6) is 0 Å². The number of aromatic nitrogens is 1. The Morgan fingerprint density at radius 2 is 1.75 bits per heavy atom. The fourth-order valence-electron chi connectivity index (χ4n) is 2.52. The summed E-state index contributed by atoms with van der Waals surface area (Å²) < 4.78 is 4.65. The van der Waals surface area contributed by atoms with Crippen LogP contribution in [0.4, 0.5) is 17.1 Å². The molecular weight excluding hydrogens is 378 g/mol. The topological polar surface area (TPSA) is 80.3 Å². The fourth-order valence-corrected chi connectivity index (χ4v) is 2.69. The molecule has 0 atom stereocenters. The molecule has 0 aliphatic carbocycles. The van der Waals surface area contributed by atoms with Gasteiger partial charge >= 0.3 is 5.97 Å². The van der Waals surface area contributed by atoms with Gasteiger partial charge in [0.15, 0.2) is 0 Å². The van der Waals surface area contributed by atoms with E-state index in [1.165, 1.54) is 7.11 Å². The van der Waals surface area contributed by atoms with Crippen molar-refractivity contribution >= 4 is 40.5 Å². The van der Waals surface area contributed by atoms with E-state index in [0.29, 0.717) is 22.0 Å². The molecule has 7 heteroatoms. The third-order valence-electron chi connectivity index (χ3n) is 4.04. The van der Waals surface area contributed by atoms with E-state index in [4.69, 9.17) is 11.6 Å². The zero-order valence-electron chi connectivity index (χ0n) is 15.3. The minimum Gasteiger partial charge on any atom is -0.465 e. The maximum atomic E-state index is 12.5. The highest BCUT2D eigenvalue weighted by Gasteiger charge is 2.11. The summed E-state index contributed by atoms with van der Waals surface area (Å²) in [4.78, 5) is 28.1. The molecule has 6 nitrogen and oxygen atoms in total. The Kier molecular flexibility index (Phi) is 5.91. The van der Waals surface area contributed by atoms with E-state index < -0.39 is 5.97 Å². The first-order valence-electron chi connectivity index (χ1n) is 8.45. The van der Waals surface area contributed by atoms with E-state index >= 15 is 0 Å². The normalized spacial score (nSPS) is 10.2. The molecule has 2 N–H and O–H groups in total. The molecule has 0 saturated carbocycles. The number of benzene rings is 2. The molecule has 0 aliphatic rings. The molecule has 1 amide bonds. The van der Waals surface area contributed by atoms with Crippen molar-refractivity contribution in [2.45, 2.75) is 6.92 Å². The first-order chi connectivity index (χ1) is 13.5. The van der Waals surface area contributed by atoms with Gasteiger partial charge in [0.25, 0.3) is 5.91 Å². The van der Waals surface area contributed by atoms with E-state index in [9.17, 15) is 9.59 Å². The van der Waals surface area contributed by atoms with E-state index in [0.717, 1.165) is 11.3 Å². The van der Waals surface area contributed by atoms with E-state index in [-0.39, 0.29) is 11.6 Å². The lowest BCUT2D eigenvalue weighted by atomic mass is 10.2. The van der Waals surface area contributed by atoms with Gasteiger partial charge in [-0.1, -0.05) is 17.7 Å². The molecule has 0 saturated heterocycles. The van der Waals surface area contributed by atoms with E-state index in [1.54, 1.807) is 42.6 Å². The number of halogens is 1. The first kappa shape index (κ1) is 19.4. The van der Waals surface area contributed by atoms with Gasteiger partial charge in [-0.2, -0.15) is 0 Å². The van der Waals surface area contributed by atoms with Crippen LogP contribution in [-0.4, -0.2) is 24.0 Å². The Morgan fingerprint density at radius 1 is 1.00 bits per heavy atom. The lowest BCUT2D eigenvalue weighted by molar-refractivity contribution is 0.0600. The second-order valence-corrected chi connectivity index (χ2v) is 6.47. The summed E-state index contributed by atoms with van der Waals surface area (Å²) >= 11 is 6.05. The smallest absolute Gasteiger partial charge is 0.337 e. The molecule has 0 radical (unpaired) electrons. The molecule has 0 aliphatic heterocycles. The molecule has 3 aromatic rings. The minimum absolute atomic E-state index is 0.252. The summed E-state index contributed by atoms with van der Waals surface area (Å²) in [7, 11) is 1.32. The molecule has 1 heterocycles. The number of carbonyl (C=O) groups is 2. The van der Waals surface area contributed by atoms with Gasteiger partial charge in [-0.3, -0.25) is 9.78 Å². The number of amides is 1. The molecule has 142 valence electrons. The van der Waals surface area contributed by atoms with E-state index in [2.05, 4.69) is 20.4 Å². The number of pyridine rings is 1. The van der Waals surface area contributed by atoms with Gasteiger partial charge in [-0.25, -0.2) is 4.79 Å². The molecule has 28 heavy (non-hydrogen) atoms. The number of hydrogen-bond donors (Lipinski definition) is 2. The molecule has 0 unspecified atom stereocenters. The van der Waals surface area contributed by atoms with Gasteiger partial charge in [-0.15, -0.1) is 0 Å². The Hall–Kier alpha value is -3.38. The number of methoxy groups -OCH3 is 1. The predicted molar refractivity (Wildman–Crippen MR) is 109 cm³/mol. The summed E-state index contributed by atoms with van der Waals surface area (Å²) in [6.45, 7) is 1.96. The second kappa shape index (κ2) is 8.54. The van der Waals surface area contributed by atoms with Crippen LogP contribution in [0.2, 0.25) is 5.02 Å². The number of rotatable bonds is 5. The standard InChI is InChI=1S/C21H18ClN3O3/c1-13-3-6-15(22)11-18(13)24-17-9-10-23-19(12-17)20(26)25-16-7-4-14(5-8-16)21(27)28-2/h3-12H,1-2H3,(H,23,24)(H,25,26). The largest absolute Gasteiger partial charge is 0.465 e. The fraction of sp³-hybridized carbons (Fsp3) is 0.0952. The van der Waals surface area contributed by atoms with E-state index in [1.807, 2.05) is 25.1 Å². The number of nitrogens with one attached hydrogen (secondary N) is 2. The Labute approximate surface area is 167 Å². The molecule has 0 spiro atoms. The highest BCUT2D eigenvalue weighted by atomic mass is 35.5. The molecule has 2 aromatic carbocycles. The third-order valence-corrected chi connectivity index (χ3v) is 4.27. The number of ether oxygens (including phenoxy) is 1. The van der Waals surface area contributed by atoms with Crippen molar-refractivity contribution in [3.63, 3.8) is 0 Å². The average molecular weight is 396 g/mol. The van der Waals surface area contributed by atoms with Crippen molar-refractivity contribution in [2.24, 2.45) is 0 Å². The van der Waals surface area contributed by atoms with Gasteiger partial charge in [0, 0.05) is 28.3 Å². The minimum atomic E-state index is -0.436. The number of carbonyl (C=O) groups excluding carboxylic acids is 2. The quantitative estimate of drug-likeness (QED) is 0.605. The highest BCUT2D eigenvalue weighted by Crippen LogP contribution is 2.24. The van der Waals surface area contributed by atoms with Crippen molar-refractivity contribution < 1.29 is 14.3 Å². The number of anilines is 3. The summed E-state index contributed by atoms with van der Waals surface area (Å²) in [6, 6.07) is 15.4. The lowest BCUT2D eigenvalue weighted by Gasteiger charge is -2.11. The van der Waals surface area contributed by atoms with Gasteiger partial charge in [0.05, 0.1) is 12.7 Å². The van der Waals surface area contributed by atoms with Crippen LogP contribution in [0, 0.1) is 6.92 Å². The number of nitrogens with zero attached hydrogens (tertiary/aromatic N) is 1. The van der Waals surface area contributed by atoms with Crippen molar-refractivity contribution in [3.8, 4) is 0 Å². The number of esters is 1. The van der Waals surface area contributed by atoms with Gasteiger partial charge < -0.3 is 15.4 Å². The van der Waals surface area contributed by atoms with Crippen molar-refractivity contribution in [1.29, 1.82) is 0 Å². The van der Waals surface area contributed by atoms with Crippen LogP contribution >= 0.6 is 11.6 Å². The summed E-state index contributed by atoms with van der Waals surface area (Å²) in [5, 5.41) is 6.62. The molecule has 0 bridgehead atoms. The maximum Gasteiger partial charge on any atom is 0.337 e. The number of hydrogen-bond acceptors (Lipinski definition) is 5. The molecule has 0 fully saturated rings. The van der Waals surface area contributed by atoms with Crippen LogP contribution in [-0.2, 0) is 4.74 Å². The Bertz CT molecular complexity index is 1020. The average Bonchev–Trinajstić information content (AvgIpc) is 2.71. The first-order valence-corrected chi connectivity index (χ1v) is 8.83. The Morgan fingerprint density at radius 3 is 2.46 bits per heavy atom. The SMILES string of the molecule is COC(=O)c1ccc(NC(=O)c2cc(Nc3cc(Cl)ccc3C)ccn2)cc1. The van der Waals surface area contributed by atoms with Gasteiger partial charge in [-0.05, 0) is 61.0 Å². The van der Waals surface area contributed by atoms with Crippen LogP contribution in [0.1, 0.15) is 26.4 Å². The molecule has 3 rings (SSSR count). The zero-order valence-corrected chi connectivity index (χ0v) is 16.1. The summed E-state index contributed by atoms with van der Waals surface area (Å²) in [6.07, 6.45) is 1.55. The molecular formula is C21H18ClN3O3. The van der Waals surface area contributed by atoms with Crippen molar-refractivity contribution in [2.75, 3.05) is 17.7 Å². The highest BCUT2D eigenvalue weighted by molar-refractivity contribution is 6.30. The zero-order chi connectivity index (χ0) is 20.1. The maximum absolute atomic E-state index is 12.5. The third kappa shape index (κ3) is 4.66. The van der Waals surface area contributed by atoms with Crippen LogP contribution in [0.15, 0.2) is 60.8 Å². The van der Waals surface area contributed by atoms with Crippen LogP contribution in [0.25, 0.3) is 0 Å². The lowest BCUT2D eigenvalue weighted by Crippen LogP contribution is -2.14. The van der Waals surface area contributed by atoms with Crippen molar-refractivity contribution in [1.82, 2.24) is 4.98 Å². The number of aryl methyl sites for hydroxylation is 1. The Balaban J connectivity index is 1.73. The molecule has 1 aromatic heterocycles.